The molecule has 0 unspecified atom stereocenters. The smallest absolute Gasteiger partial charge is 0.550 e. The number of carbonyl (C=O) groups is 3. The van der Waals surface area contributed by atoms with Crippen LogP contribution in [0.5, 0.6) is 0 Å². The van der Waals surface area contributed by atoms with Crippen molar-refractivity contribution in [3.63, 3.8) is 0 Å². The number of carboxylic acids is 3. The molecule has 0 aliphatic heterocycles. The molecule has 90 valence electrons. The van der Waals surface area contributed by atoms with Gasteiger partial charge in [-0.25, -0.2) is 0 Å². The van der Waals surface area contributed by atoms with Crippen LogP contribution in [0.25, 0.3) is 0 Å². The van der Waals surface area contributed by atoms with Crippen molar-refractivity contribution in [2.24, 2.45) is 0 Å². The van der Waals surface area contributed by atoms with E-state index < -0.39 is 17.9 Å². The van der Waals surface area contributed by atoms with Gasteiger partial charge in [0, 0.05) is 17.9 Å². The summed E-state index contributed by atoms with van der Waals surface area (Å²) in [5, 5.41) is 27.8. The summed E-state index contributed by atoms with van der Waals surface area (Å²) >= 11 is 0. The number of carbonyl (C=O) groups excluding carboxylic acids is 3. The van der Waals surface area contributed by atoms with Crippen molar-refractivity contribution in [3.8, 4) is 0 Å². The van der Waals surface area contributed by atoms with Gasteiger partial charge in [-0.1, -0.05) is 20.8 Å². The predicted molar refractivity (Wildman–Crippen MR) is 51.6 cm³/mol. The van der Waals surface area contributed by atoms with Crippen LogP contribution in [0.15, 0.2) is 0 Å². The Kier molecular flexibility index (Phi) is 46.2. The van der Waals surface area contributed by atoms with E-state index in [-0.39, 0.29) is 93.7 Å². The molecule has 17 heavy (non-hydrogen) atoms. The Morgan fingerprint density at radius 3 is 0.765 bits per heavy atom. The molecule has 0 spiro atoms. The van der Waals surface area contributed by atoms with E-state index >= 15 is 0 Å². The molecule has 0 radical (unpaired) electrons. The average Bonchev–Trinajstić information content (AvgIpc) is 2.19. The molecule has 6 nitrogen and oxygen atoms in total. The van der Waals surface area contributed by atoms with Crippen LogP contribution in [0, 0.1) is 0 Å². The Hall–Kier alpha value is 0.813. The van der Waals surface area contributed by atoms with Crippen molar-refractivity contribution in [1.29, 1.82) is 0 Å². The fraction of sp³-hybridized carbons (Fsp3) is 0.667. The standard InChI is InChI=1S/3C3H6O2.K.Mg/c3*1-2-3(4)5;;/h3*2H2,1H3,(H,4,5);;/q;;;+1;+2/p-3. The minimum atomic E-state index is -0.995. The van der Waals surface area contributed by atoms with E-state index in [1.54, 1.807) is 0 Å². The fourth-order valence-corrected chi connectivity index (χ4v) is 0. The molecule has 0 aliphatic rings. The molecule has 0 aromatic carbocycles. The Labute approximate surface area is 160 Å². The SMILES string of the molecule is CCC(=O)[O-].CCC(=O)[O-].CCC(=O)[O-].[K+].[Mg+2]. The largest absolute Gasteiger partial charge is 2.00 e. The number of hydrogen-bond donors (Lipinski definition) is 0. The first-order chi connectivity index (χ1) is 6.81. The van der Waals surface area contributed by atoms with E-state index in [1.165, 1.54) is 20.8 Å². The van der Waals surface area contributed by atoms with Gasteiger partial charge in [0.15, 0.2) is 0 Å². The average molecular weight is 283 g/mol. The van der Waals surface area contributed by atoms with E-state index in [2.05, 4.69) is 0 Å². The van der Waals surface area contributed by atoms with Gasteiger partial charge in [-0.15, -0.1) is 0 Å². The first kappa shape index (κ1) is 30.7. The Balaban J connectivity index is -0.0000000400. The summed E-state index contributed by atoms with van der Waals surface area (Å²) in [5.41, 5.74) is 0. The van der Waals surface area contributed by atoms with Crippen LogP contribution in [-0.4, -0.2) is 41.0 Å². The van der Waals surface area contributed by atoms with Crippen LogP contribution in [0.4, 0.5) is 0 Å². The maximum Gasteiger partial charge on any atom is 2.00 e. The molecule has 0 amide bonds. The monoisotopic (exact) mass is 282 g/mol. The van der Waals surface area contributed by atoms with Gasteiger partial charge in [-0.3, -0.25) is 0 Å². The number of hydrogen-bond acceptors (Lipinski definition) is 6. The van der Waals surface area contributed by atoms with Gasteiger partial charge in [0.05, 0.1) is 0 Å². The molecule has 0 bridgehead atoms. The van der Waals surface area contributed by atoms with Gasteiger partial charge >= 0.3 is 74.4 Å². The first-order valence-electron chi connectivity index (χ1n) is 4.41. The minimum Gasteiger partial charge on any atom is -0.550 e. The summed E-state index contributed by atoms with van der Waals surface area (Å²) in [5.74, 6) is -2.99. The van der Waals surface area contributed by atoms with Crippen molar-refractivity contribution in [2.45, 2.75) is 40.0 Å². The van der Waals surface area contributed by atoms with Gasteiger partial charge in [-0.05, 0) is 19.3 Å². The van der Waals surface area contributed by atoms with Crippen LogP contribution in [0.2, 0.25) is 0 Å². The van der Waals surface area contributed by atoms with Gasteiger partial charge in [0.1, 0.15) is 0 Å². The van der Waals surface area contributed by atoms with E-state index in [4.69, 9.17) is 0 Å². The quantitative estimate of drug-likeness (QED) is 0.475. The molecule has 0 aromatic rings. The maximum absolute atomic E-state index is 9.26. The molecular formula is C9H15KMgO6. The van der Waals surface area contributed by atoms with Gasteiger partial charge < -0.3 is 29.7 Å². The van der Waals surface area contributed by atoms with Crippen LogP contribution in [0.1, 0.15) is 40.0 Å². The van der Waals surface area contributed by atoms with Gasteiger partial charge in [0.2, 0.25) is 0 Å². The van der Waals surface area contributed by atoms with Crippen molar-refractivity contribution in [2.75, 3.05) is 0 Å². The summed E-state index contributed by atoms with van der Waals surface area (Å²) in [6.45, 7) is 4.61. The molecule has 0 aliphatic carbocycles. The van der Waals surface area contributed by atoms with Crippen LogP contribution < -0.4 is 66.7 Å². The second kappa shape index (κ2) is 25.6. The topological polar surface area (TPSA) is 120 Å². The second-order valence-corrected chi connectivity index (χ2v) is 2.18. The van der Waals surface area contributed by atoms with Gasteiger partial charge in [-0.2, -0.15) is 0 Å². The molecule has 0 rings (SSSR count). The Morgan fingerprint density at radius 1 is 0.706 bits per heavy atom. The molecule has 0 N–H and O–H groups in total. The molecule has 0 saturated heterocycles. The zero-order chi connectivity index (χ0) is 12.9. The van der Waals surface area contributed by atoms with E-state index in [1.807, 2.05) is 0 Å². The third-order valence-electron chi connectivity index (χ3n) is 0.866. The zero-order valence-electron chi connectivity index (χ0n) is 10.8. The van der Waals surface area contributed by atoms with Crippen LogP contribution in [-0.2, 0) is 14.4 Å². The minimum absolute atomic E-state index is 0. The van der Waals surface area contributed by atoms with Crippen molar-refractivity contribution >= 4 is 41.0 Å². The third-order valence-corrected chi connectivity index (χ3v) is 0.866. The summed E-state index contributed by atoms with van der Waals surface area (Å²) < 4.78 is 0. The summed E-state index contributed by atoms with van der Waals surface area (Å²) in [6.07, 6.45) is 0.333. The fourth-order valence-electron chi connectivity index (χ4n) is 0. The van der Waals surface area contributed by atoms with E-state index in [0.717, 1.165) is 0 Å². The Bertz CT molecular complexity index is 165. The zero-order valence-corrected chi connectivity index (χ0v) is 15.3. The maximum atomic E-state index is 9.26. The number of aliphatic carboxylic acids is 3. The number of rotatable bonds is 3. The molecule has 0 atom stereocenters. The third kappa shape index (κ3) is 79.5. The second-order valence-electron chi connectivity index (χ2n) is 2.18. The molecular weight excluding hydrogens is 267 g/mol. The molecule has 0 aromatic heterocycles. The van der Waals surface area contributed by atoms with E-state index in [0.29, 0.717) is 0 Å². The molecule has 0 fully saturated rings. The Morgan fingerprint density at radius 2 is 0.765 bits per heavy atom. The molecule has 0 heterocycles. The summed E-state index contributed by atoms with van der Waals surface area (Å²) in [4.78, 5) is 27.8. The van der Waals surface area contributed by atoms with Gasteiger partial charge in [0.25, 0.3) is 0 Å². The summed E-state index contributed by atoms with van der Waals surface area (Å²) in [6, 6.07) is 0. The van der Waals surface area contributed by atoms with Crippen molar-refractivity contribution in [1.82, 2.24) is 0 Å². The van der Waals surface area contributed by atoms with E-state index in [9.17, 15) is 29.7 Å². The molecule has 8 heteroatoms. The van der Waals surface area contributed by atoms with Crippen molar-refractivity contribution < 1.29 is 81.1 Å². The van der Waals surface area contributed by atoms with Crippen molar-refractivity contribution in [3.05, 3.63) is 0 Å². The first-order valence-corrected chi connectivity index (χ1v) is 4.41. The van der Waals surface area contributed by atoms with Crippen LogP contribution in [0.3, 0.4) is 0 Å². The normalized spacial score (nSPS) is 6.53. The molecule has 0 saturated carbocycles. The van der Waals surface area contributed by atoms with Crippen LogP contribution >= 0.6 is 0 Å². The number of carboxylic acid groups (broad SMARTS) is 3. The summed E-state index contributed by atoms with van der Waals surface area (Å²) in [7, 11) is 0. The predicted octanol–water partition coefficient (Wildman–Crippen LogP) is -5.94.